The molecule has 0 spiro atoms. The zero-order valence-corrected chi connectivity index (χ0v) is 23.7. The molecule has 0 bridgehead atoms. The fourth-order valence-corrected chi connectivity index (χ4v) is 5.60. The molecule has 8 nitrogen and oxygen atoms in total. The average Bonchev–Trinajstić information content (AvgIpc) is 2.93. The van der Waals surface area contributed by atoms with E-state index in [0.29, 0.717) is 16.3 Å². The Bertz CT molecular complexity index is 1670. The third-order valence-corrected chi connectivity index (χ3v) is 7.86. The summed E-state index contributed by atoms with van der Waals surface area (Å²) in [4.78, 5) is 13.7. The minimum absolute atomic E-state index is 0.116. The van der Waals surface area contributed by atoms with Crippen LogP contribution in [0, 0.1) is 5.82 Å². The Morgan fingerprint density at radius 2 is 1.58 bits per heavy atom. The van der Waals surface area contributed by atoms with Gasteiger partial charge in [0.25, 0.3) is 5.91 Å². The first-order valence-corrected chi connectivity index (χ1v) is 14.9. The predicted octanol–water partition coefficient (Wildman–Crippen LogP) is 7.35. The van der Waals surface area contributed by atoms with Crippen LogP contribution in [0.15, 0.2) is 95.9 Å². The number of carbonyl (C=O) groups excluding carboxylic acids is 1. The number of aryl methyl sites for hydroxylation is 1. The van der Waals surface area contributed by atoms with Crippen molar-refractivity contribution in [3.8, 4) is 11.5 Å². The average molecular weight is 637 g/mol. The quantitative estimate of drug-likeness (QED) is 0.0518. The van der Waals surface area contributed by atoms with Gasteiger partial charge in [0.2, 0.25) is 0 Å². The first kappa shape index (κ1) is 31.7. The van der Waals surface area contributed by atoms with Gasteiger partial charge in [-0.2, -0.15) is 8.42 Å². The summed E-state index contributed by atoms with van der Waals surface area (Å²) < 4.78 is 88.5. The van der Waals surface area contributed by atoms with Gasteiger partial charge in [0.1, 0.15) is 23.0 Å². The van der Waals surface area contributed by atoms with Crippen LogP contribution in [0.5, 0.6) is 11.5 Å². The monoisotopic (exact) mass is 636 g/mol. The molecule has 0 fully saturated rings. The lowest BCUT2D eigenvalue weighted by Gasteiger charge is -2.22. The number of nitrogens with zero attached hydrogens (tertiary/aromatic N) is 1. The van der Waals surface area contributed by atoms with E-state index in [-0.39, 0.29) is 22.8 Å². The smallest absolute Gasteiger partial charge is 0.506 e. The van der Waals surface area contributed by atoms with Crippen LogP contribution in [-0.4, -0.2) is 36.1 Å². The van der Waals surface area contributed by atoms with Gasteiger partial charge in [-0.15, -0.1) is 24.9 Å². The van der Waals surface area contributed by atoms with Crippen molar-refractivity contribution < 1.29 is 45.2 Å². The molecule has 226 valence electrons. The number of thioether (sulfide) groups is 1. The molecule has 0 atom stereocenters. The number of anilines is 3. The molecule has 4 rings (SSSR count). The lowest BCUT2D eigenvalue weighted by molar-refractivity contribution is -0.274. The summed E-state index contributed by atoms with van der Waals surface area (Å²) in [6.07, 6.45) is -3.32. The number of phenols is 1. The van der Waals surface area contributed by atoms with Gasteiger partial charge < -0.3 is 15.2 Å². The molecule has 0 unspecified atom stereocenters. The fourth-order valence-electron chi connectivity index (χ4n) is 3.97. The van der Waals surface area contributed by atoms with Gasteiger partial charge in [0, 0.05) is 16.1 Å². The number of rotatable bonds is 11. The summed E-state index contributed by atoms with van der Waals surface area (Å²) in [5.41, 5.74) is 0.765. The van der Waals surface area contributed by atoms with Crippen LogP contribution >= 0.6 is 11.8 Å². The van der Waals surface area contributed by atoms with Gasteiger partial charge >= 0.3 is 16.7 Å². The standard InChI is InChI=1S/C29H24F4N2O6S2/c30-21-7-10-23(11-8-21)35(43(38,39)40)26-18-22(9-16-27(26)36)34-28(37)20-5-14-25(15-6-20)42-17-1-2-19-3-12-24(13-4-19)41-29(31,32)33/h3-16,18,36H,1-2,17H2,(H,34,37)(H,38,39,40). The second-order valence-corrected chi connectivity index (χ2v) is 11.5. The summed E-state index contributed by atoms with van der Waals surface area (Å²) in [7, 11) is -4.95. The van der Waals surface area contributed by atoms with E-state index in [1.807, 2.05) is 0 Å². The first-order valence-electron chi connectivity index (χ1n) is 12.5. The second kappa shape index (κ2) is 13.4. The van der Waals surface area contributed by atoms with Crippen molar-refractivity contribution in [2.75, 3.05) is 15.4 Å². The van der Waals surface area contributed by atoms with Gasteiger partial charge in [-0.1, -0.05) is 12.1 Å². The number of benzene rings is 4. The molecule has 4 aromatic carbocycles. The Balaban J connectivity index is 1.34. The van der Waals surface area contributed by atoms with Gasteiger partial charge in [-0.3, -0.25) is 9.35 Å². The van der Waals surface area contributed by atoms with Crippen LogP contribution in [0.2, 0.25) is 0 Å². The highest BCUT2D eigenvalue weighted by Gasteiger charge is 2.31. The number of nitrogens with one attached hydrogen (secondary N) is 1. The normalized spacial score (nSPS) is 11.7. The van der Waals surface area contributed by atoms with Gasteiger partial charge in [-0.05, 0) is 103 Å². The maximum absolute atomic E-state index is 13.4. The number of aromatic hydroxyl groups is 1. The maximum atomic E-state index is 13.4. The van der Waals surface area contributed by atoms with Crippen LogP contribution < -0.4 is 14.4 Å². The largest absolute Gasteiger partial charge is 0.573 e. The zero-order chi connectivity index (χ0) is 31.2. The summed E-state index contributed by atoms with van der Waals surface area (Å²) in [6, 6.07) is 20.2. The number of carbonyl (C=O) groups is 1. The van der Waals surface area contributed by atoms with E-state index in [9.17, 15) is 40.4 Å². The topological polar surface area (TPSA) is 116 Å². The van der Waals surface area contributed by atoms with Crippen LogP contribution in [0.25, 0.3) is 0 Å². The van der Waals surface area contributed by atoms with E-state index in [4.69, 9.17) is 0 Å². The number of ether oxygens (including phenoxy) is 1. The highest BCUT2D eigenvalue weighted by molar-refractivity contribution is 7.99. The molecule has 0 aliphatic carbocycles. The molecule has 0 aliphatic heterocycles. The van der Waals surface area contributed by atoms with E-state index in [2.05, 4.69) is 10.1 Å². The molecule has 14 heteroatoms. The van der Waals surface area contributed by atoms with Gasteiger partial charge in [0.05, 0.1) is 5.69 Å². The summed E-state index contributed by atoms with van der Waals surface area (Å²) in [5, 5.41) is 12.9. The zero-order valence-electron chi connectivity index (χ0n) is 22.1. The lowest BCUT2D eigenvalue weighted by Crippen LogP contribution is -2.25. The van der Waals surface area contributed by atoms with Gasteiger partial charge in [0.15, 0.2) is 0 Å². The highest BCUT2D eigenvalue weighted by atomic mass is 32.2. The third-order valence-electron chi connectivity index (χ3n) is 5.90. The van der Waals surface area contributed by atoms with Crippen LogP contribution in [0.1, 0.15) is 22.3 Å². The molecule has 0 radical (unpaired) electrons. The van der Waals surface area contributed by atoms with Crippen LogP contribution in [-0.2, 0) is 16.7 Å². The summed E-state index contributed by atoms with van der Waals surface area (Å²) >= 11 is 1.54. The Hall–Kier alpha value is -4.27. The maximum Gasteiger partial charge on any atom is 0.573 e. The molecule has 0 saturated carbocycles. The fraction of sp³-hybridized carbons (Fsp3) is 0.138. The molecule has 4 aromatic rings. The number of halogens is 4. The second-order valence-electron chi connectivity index (χ2n) is 9.04. The molecule has 0 saturated heterocycles. The molecule has 43 heavy (non-hydrogen) atoms. The van der Waals surface area contributed by atoms with Crippen molar-refractivity contribution in [2.45, 2.75) is 24.1 Å². The molecule has 3 N–H and O–H groups in total. The van der Waals surface area contributed by atoms with Crippen LogP contribution in [0.3, 0.4) is 0 Å². The number of amides is 1. The number of hydrogen-bond donors (Lipinski definition) is 3. The summed E-state index contributed by atoms with van der Waals surface area (Å²) in [6.45, 7) is 0. The molecule has 0 aromatic heterocycles. The molecule has 1 amide bonds. The minimum atomic E-state index is -4.95. The van der Waals surface area contributed by atoms with E-state index >= 15 is 0 Å². The Morgan fingerprint density at radius 1 is 0.930 bits per heavy atom. The Kier molecular flexibility index (Phi) is 9.84. The number of alkyl halides is 3. The number of hydrogen-bond acceptors (Lipinski definition) is 6. The Labute approximate surface area is 248 Å². The van der Waals surface area contributed by atoms with Crippen molar-refractivity contribution in [3.63, 3.8) is 0 Å². The van der Waals surface area contributed by atoms with Crippen LogP contribution in [0.4, 0.5) is 34.6 Å². The Morgan fingerprint density at radius 3 is 2.19 bits per heavy atom. The van der Waals surface area contributed by atoms with Crippen molar-refractivity contribution in [3.05, 3.63) is 108 Å². The molecular weight excluding hydrogens is 612 g/mol. The van der Waals surface area contributed by atoms with E-state index in [1.54, 1.807) is 48.2 Å². The van der Waals surface area contributed by atoms with E-state index in [0.717, 1.165) is 59.0 Å². The number of phenolic OH excluding ortho intramolecular Hbond substituents is 1. The van der Waals surface area contributed by atoms with Gasteiger partial charge in [-0.25, -0.2) is 8.70 Å². The first-order chi connectivity index (χ1) is 20.3. The van der Waals surface area contributed by atoms with E-state index < -0.39 is 34.1 Å². The lowest BCUT2D eigenvalue weighted by atomic mass is 10.1. The third kappa shape index (κ3) is 9.11. The predicted molar refractivity (Wildman–Crippen MR) is 155 cm³/mol. The van der Waals surface area contributed by atoms with Crippen molar-refractivity contribution in [2.24, 2.45) is 0 Å². The van der Waals surface area contributed by atoms with Crippen molar-refractivity contribution >= 4 is 45.0 Å². The van der Waals surface area contributed by atoms with Crippen molar-refractivity contribution in [1.29, 1.82) is 0 Å². The minimum Gasteiger partial charge on any atom is -0.506 e. The molecule has 0 aliphatic rings. The summed E-state index contributed by atoms with van der Waals surface area (Å²) in [5.74, 6) is -1.23. The highest BCUT2D eigenvalue weighted by Crippen LogP contribution is 2.37. The molecular formula is C29H24F4N2O6S2. The molecule has 0 heterocycles. The SMILES string of the molecule is O=C(Nc1ccc(O)c(N(c2ccc(F)cc2)S(=O)(=O)O)c1)c1ccc(SCCCc2ccc(OC(F)(F)F)cc2)cc1. The van der Waals surface area contributed by atoms with E-state index in [1.165, 1.54) is 18.2 Å². The van der Waals surface area contributed by atoms with Crippen molar-refractivity contribution in [1.82, 2.24) is 0 Å².